The van der Waals surface area contributed by atoms with Gasteiger partial charge in [0.15, 0.2) is 5.96 Å². The van der Waals surface area contributed by atoms with Crippen LogP contribution in [-0.4, -0.2) is 45.5 Å². The van der Waals surface area contributed by atoms with E-state index in [0.29, 0.717) is 12.5 Å². The Bertz CT molecular complexity index is 514. The third kappa shape index (κ3) is 8.42. The Morgan fingerprint density at radius 3 is 2.84 bits per heavy atom. The van der Waals surface area contributed by atoms with Gasteiger partial charge in [-0.2, -0.15) is 0 Å². The lowest BCUT2D eigenvalue weighted by atomic mass is 10.1. The molecule has 0 spiro atoms. The number of furan rings is 1. The summed E-state index contributed by atoms with van der Waals surface area (Å²) in [6, 6.07) is 2.04. The zero-order chi connectivity index (χ0) is 17.2. The van der Waals surface area contributed by atoms with E-state index in [9.17, 15) is 0 Å². The van der Waals surface area contributed by atoms with Crippen molar-refractivity contribution < 1.29 is 13.9 Å². The Hall–Kier alpha value is -0.800. The van der Waals surface area contributed by atoms with E-state index in [1.807, 2.05) is 19.9 Å². The van der Waals surface area contributed by atoms with Gasteiger partial charge in [0.05, 0.1) is 19.8 Å². The van der Waals surface area contributed by atoms with Crippen molar-refractivity contribution in [1.82, 2.24) is 10.6 Å². The van der Waals surface area contributed by atoms with Gasteiger partial charge in [0, 0.05) is 37.8 Å². The summed E-state index contributed by atoms with van der Waals surface area (Å²) in [5, 5.41) is 6.61. The van der Waals surface area contributed by atoms with E-state index in [1.54, 1.807) is 0 Å². The number of guanidine groups is 1. The SMILES string of the molecule is CCNC(=NCc1cc(C)oc1C)NCCCOCC1CCOC1.I. The normalized spacial score (nSPS) is 17.4. The van der Waals surface area contributed by atoms with Gasteiger partial charge in [-0.05, 0) is 39.7 Å². The smallest absolute Gasteiger partial charge is 0.191 e. The predicted molar refractivity (Wildman–Crippen MR) is 111 cm³/mol. The van der Waals surface area contributed by atoms with Crippen molar-refractivity contribution in [3.8, 4) is 0 Å². The topological polar surface area (TPSA) is 68.0 Å². The standard InChI is InChI=1S/C18H31N3O3.HI/c1-4-19-18(21-11-17-10-14(2)24-15(17)3)20-7-5-8-22-12-16-6-9-23-13-16;/h10,16H,4-9,11-13H2,1-3H3,(H2,19,20,21);1H. The molecule has 1 aromatic heterocycles. The number of rotatable bonds is 9. The van der Waals surface area contributed by atoms with Gasteiger partial charge in [-0.15, -0.1) is 24.0 Å². The highest BCUT2D eigenvalue weighted by molar-refractivity contribution is 14.0. The summed E-state index contributed by atoms with van der Waals surface area (Å²) in [6.45, 7) is 11.6. The number of hydrogen-bond acceptors (Lipinski definition) is 4. The van der Waals surface area contributed by atoms with Gasteiger partial charge >= 0.3 is 0 Å². The Morgan fingerprint density at radius 2 is 2.20 bits per heavy atom. The molecule has 0 radical (unpaired) electrons. The molecule has 0 amide bonds. The summed E-state index contributed by atoms with van der Waals surface area (Å²) in [7, 11) is 0. The van der Waals surface area contributed by atoms with Crippen LogP contribution in [0.1, 0.15) is 36.8 Å². The molecule has 1 atom stereocenters. The van der Waals surface area contributed by atoms with Gasteiger partial charge < -0.3 is 24.5 Å². The number of hydrogen-bond donors (Lipinski definition) is 2. The maximum atomic E-state index is 5.71. The molecular weight excluding hydrogens is 433 g/mol. The molecule has 0 aromatic carbocycles. The highest BCUT2D eigenvalue weighted by Gasteiger charge is 2.15. The Kier molecular flexibility index (Phi) is 11.2. The van der Waals surface area contributed by atoms with Crippen molar-refractivity contribution in [3.05, 3.63) is 23.2 Å². The molecule has 1 fully saturated rings. The number of aliphatic imine (C=N–C) groups is 1. The molecule has 0 saturated carbocycles. The van der Waals surface area contributed by atoms with Crippen LogP contribution in [0.25, 0.3) is 0 Å². The Balaban J connectivity index is 0.00000312. The third-order valence-corrected chi connectivity index (χ3v) is 4.03. The summed E-state index contributed by atoms with van der Waals surface area (Å²) < 4.78 is 16.6. The zero-order valence-corrected chi connectivity index (χ0v) is 17.9. The van der Waals surface area contributed by atoms with Gasteiger partial charge in [-0.3, -0.25) is 0 Å². The van der Waals surface area contributed by atoms with Crippen molar-refractivity contribution in [2.24, 2.45) is 10.9 Å². The largest absolute Gasteiger partial charge is 0.466 e. The number of halogens is 1. The van der Waals surface area contributed by atoms with Crippen molar-refractivity contribution >= 4 is 29.9 Å². The zero-order valence-electron chi connectivity index (χ0n) is 15.6. The van der Waals surface area contributed by atoms with Crippen LogP contribution in [0.3, 0.4) is 0 Å². The van der Waals surface area contributed by atoms with Gasteiger partial charge in [-0.1, -0.05) is 0 Å². The molecule has 1 aliphatic rings. The van der Waals surface area contributed by atoms with Crippen molar-refractivity contribution in [1.29, 1.82) is 0 Å². The van der Waals surface area contributed by atoms with E-state index >= 15 is 0 Å². The maximum Gasteiger partial charge on any atom is 0.191 e. The van der Waals surface area contributed by atoms with E-state index in [0.717, 1.165) is 75.4 Å². The molecule has 144 valence electrons. The lowest BCUT2D eigenvalue weighted by Gasteiger charge is -2.12. The van der Waals surface area contributed by atoms with E-state index in [-0.39, 0.29) is 24.0 Å². The van der Waals surface area contributed by atoms with Gasteiger partial charge in [0.1, 0.15) is 11.5 Å². The molecule has 1 aliphatic heterocycles. The number of nitrogens with zero attached hydrogens (tertiary/aromatic N) is 1. The fourth-order valence-electron chi connectivity index (χ4n) is 2.69. The summed E-state index contributed by atoms with van der Waals surface area (Å²) >= 11 is 0. The fourth-order valence-corrected chi connectivity index (χ4v) is 2.69. The Labute approximate surface area is 168 Å². The van der Waals surface area contributed by atoms with E-state index in [1.165, 1.54) is 0 Å². The average Bonchev–Trinajstić information content (AvgIpc) is 3.17. The minimum Gasteiger partial charge on any atom is -0.466 e. The molecule has 7 heteroatoms. The molecule has 1 aromatic rings. The number of nitrogens with one attached hydrogen (secondary N) is 2. The molecule has 2 heterocycles. The second-order valence-electron chi connectivity index (χ2n) is 6.22. The van der Waals surface area contributed by atoms with Crippen molar-refractivity contribution in [3.63, 3.8) is 0 Å². The third-order valence-electron chi connectivity index (χ3n) is 4.03. The monoisotopic (exact) mass is 465 g/mol. The second-order valence-corrected chi connectivity index (χ2v) is 6.22. The number of aryl methyl sites for hydroxylation is 2. The molecule has 6 nitrogen and oxygen atoms in total. The molecular formula is C18H32IN3O3. The van der Waals surface area contributed by atoms with Gasteiger partial charge in [-0.25, -0.2) is 4.99 Å². The summed E-state index contributed by atoms with van der Waals surface area (Å²) in [6.07, 6.45) is 2.09. The van der Waals surface area contributed by atoms with Crippen LogP contribution in [0.15, 0.2) is 15.5 Å². The van der Waals surface area contributed by atoms with Crippen LogP contribution in [0.5, 0.6) is 0 Å². The molecule has 1 saturated heterocycles. The lowest BCUT2D eigenvalue weighted by Crippen LogP contribution is -2.38. The summed E-state index contributed by atoms with van der Waals surface area (Å²) in [5.74, 6) is 3.29. The lowest BCUT2D eigenvalue weighted by molar-refractivity contribution is 0.0888. The first-order chi connectivity index (χ1) is 11.7. The molecule has 1 unspecified atom stereocenters. The van der Waals surface area contributed by atoms with Gasteiger partial charge in [0.2, 0.25) is 0 Å². The molecule has 2 N–H and O–H groups in total. The first-order valence-electron chi connectivity index (χ1n) is 8.92. The first-order valence-corrected chi connectivity index (χ1v) is 8.92. The molecule has 0 aliphatic carbocycles. The molecule has 2 rings (SSSR count). The van der Waals surface area contributed by atoms with Crippen LogP contribution < -0.4 is 10.6 Å². The Morgan fingerprint density at radius 1 is 1.36 bits per heavy atom. The van der Waals surface area contributed by atoms with E-state index in [2.05, 4.69) is 22.5 Å². The summed E-state index contributed by atoms with van der Waals surface area (Å²) in [5.41, 5.74) is 1.13. The number of ether oxygens (including phenoxy) is 2. The first kappa shape index (κ1) is 22.2. The highest BCUT2D eigenvalue weighted by atomic mass is 127. The van der Waals surface area contributed by atoms with Crippen molar-refractivity contribution in [2.75, 3.05) is 39.5 Å². The molecule has 25 heavy (non-hydrogen) atoms. The second kappa shape index (κ2) is 12.5. The average molecular weight is 465 g/mol. The maximum absolute atomic E-state index is 5.71. The highest BCUT2D eigenvalue weighted by Crippen LogP contribution is 2.14. The van der Waals surface area contributed by atoms with E-state index in [4.69, 9.17) is 13.9 Å². The summed E-state index contributed by atoms with van der Waals surface area (Å²) in [4.78, 5) is 4.62. The van der Waals surface area contributed by atoms with Crippen LogP contribution >= 0.6 is 24.0 Å². The van der Waals surface area contributed by atoms with Crippen LogP contribution in [0.4, 0.5) is 0 Å². The minimum absolute atomic E-state index is 0. The van der Waals surface area contributed by atoms with Gasteiger partial charge in [0.25, 0.3) is 0 Å². The van der Waals surface area contributed by atoms with E-state index < -0.39 is 0 Å². The molecule has 0 bridgehead atoms. The minimum atomic E-state index is 0. The van der Waals surface area contributed by atoms with Crippen LogP contribution in [0.2, 0.25) is 0 Å². The van der Waals surface area contributed by atoms with Crippen LogP contribution in [0, 0.1) is 19.8 Å². The van der Waals surface area contributed by atoms with Crippen LogP contribution in [-0.2, 0) is 16.0 Å². The predicted octanol–water partition coefficient (Wildman–Crippen LogP) is 3.01. The quantitative estimate of drug-likeness (QED) is 0.254. The fraction of sp³-hybridized carbons (Fsp3) is 0.722. The van der Waals surface area contributed by atoms with Crippen molar-refractivity contribution in [2.45, 2.75) is 40.2 Å².